The van der Waals surface area contributed by atoms with Crippen LogP contribution in [0.15, 0.2) is 36.5 Å². The van der Waals surface area contributed by atoms with Crippen LogP contribution < -0.4 is 0 Å². The van der Waals surface area contributed by atoms with E-state index in [1.807, 2.05) is 53.7 Å². The fourth-order valence-corrected chi connectivity index (χ4v) is 3.38. The third kappa shape index (κ3) is 4.15. The summed E-state index contributed by atoms with van der Waals surface area (Å²) in [6, 6.07) is 8.89. The molecular formula is C22H27ClFNO. The average molecular weight is 376 g/mol. The molecule has 0 aliphatic carbocycles. The van der Waals surface area contributed by atoms with Crippen LogP contribution in [0.1, 0.15) is 80.8 Å². The topological polar surface area (TPSA) is 30.0 Å². The highest BCUT2D eigenvalue weighted by atomic mass is 35.5. The maximum atomic E-state index is 15.3. The second-order valence-electron chi connectivity index (χ2n) is 7.97. The zero-order valence-corrected chi connectivity index (χ0v) is 17.1. The number of rotatable bonds is 6. The number of ketones is 1. The van der Waals surface area contributed by atoms with E-state index in [0.29, 0.717) is 16.1 Å². The van der Waals surface area contributed by atoms with Crippen molar-refractivity contribution in [3.05, 3.63) is 63.9 Å². The van der Waals surface area contributed by atoms with Crippen LogP contribution in [0, 0.1) is 5.92 Å². The van der Waals surface area contributed by atoms with E-state index in [2.05, 4.69) is 4.98 Å². The summed E-state index contributed by atoms with van der Waals surface area (Å²) >= 11 is 6.28. The molecule has 0 fully saturated rings. The second kappa shape index (κ2) is 7.87. The molecule has 140 valence electrons. The van der Waals surface area contributed by atoms with Gasteiger partial charge in [0.2, 0.25) is 0 Å². The molecule has 0 saturated carbocycles. The van der Waals surface area contributed by atoms with Gasteiger partial charge in [-0.05, 0) is 17.5 Å². The molecule has 0 aliphatic heterocycles. The average Bonchev–Trinajstić information content (AvgIpc) is 2.59. The summed E-state index contributed by atoms with van der Waals surface area (Å²) in [6.45, 7) is 11.4. The van der Waals surface area contributed by atoms with Gasteiger partial charge in [-0.15, -0.1) is 0 Å². The lowest BCUT2D eigenvalue weighted by Crippen LogP contribution is -2.24. The molecule has 0 N–H and O–H groups in total. The lowest BCUT2D eigenvalue weighted by Gasteiger charge is -2.30. The molecular weight excluding hydrogens is 349 g/mol. The SMILES string of the molecule is CC(C)C(=O)c1ccc(C(C)(C)C(F)c2cnc(C(C)C)c(Cl)c2)cc1. The van der Waals surface area contributed by atoms with Crippen molar-refractivity contribution in [1.29, 1.82) is 0 Å². The molecule has 26 heavy (non-hydrogen) atoms. The van der Waals surface area contributed by atoms with E-state index < -0.39 is 11.6 Å². The third-order valence-corrected chi connectivity index (χ3v) is 5.10. The number of benzene rings is 1. The summed E-state index contributed by atoms with van der Waals surface area (Å²) in [6.07, 6.45) is 0.310. The van der Waals surface area contributed by atoms with Crippen LogP contribution in [0.2, 0.25) is 5.02 Å². The summed E-state index contributed by atoms with van der Waals surface area (Å²) < 4.78 is 15.3. The first-order valence-corrected chi connectivity index (χ1v) is 9.37. The van der Waals surface area contributed by atoms with E-state index in [4.69, 9.17) is 11.6 Å². The van der Waals surface area contributed by atoms with Crippen molar-refractivity contribution in [2.75, 3.05) is 0 Å². The Kier molecular flexibility index (Phi) is 6.23. The van der Waals surface area contributed by atoms with Gasteiger partial charge in [0.25, 0.3) is 0 Å². The number of carbonyl (C=O) groups excluding carboxylic acids is 1. The first-order valence-electron chi connectivity index (χ1n) is 8.99. The van der Waals surface area contributed by atoms with E-state index in [0.717, 1.165) is 11.3 Å². The predicted octanol–water partition coefficient (Wildman–Crippen LogP) is 6.69. The Morgan fingerprint density at radius 3 is 2.15 bits per heavy atom. The molecule has 0 amide bonds. The number of alkyl halides is 1. The molecule has 1 heterocycles. The molecule has 0 spiro atoms. The first-order chi connectivity index (χ1) is 12.1. The Bertz CT molecular complexity index is 781. The number of pyridine rings is 1. The van der Waals surface area contributed by atoms with Crippen molar-refractivity contribution in [2.45, 2.75) is 59.0 Å². The molecule has 1 aromatic carbocycles. The number of nitrogens with zero attached hydrogens (tertiary/aromatic N) is 1. The van der Waals surface area contributed by atoms with Gasteiger partial charge >= 0.3 is 0 Å². The Morgan fingerprint density at radius 2 is 1.69 bits per heavy atom. The van der Waals surface area contributed by atoms with Crippen molar-refractivity contribution >= 4 is 17.4 Å². The van der Waals surface area contributed by atoms with Crippen LogP contribution in [-0.2, 0) is 5.41 Å². The zero-order chi connectivity index (χ0) is 19.6. The van der Waals surface area contributed by atoms with Gasteiger partial charge in [0.15, 0.2) is 5.78 Å². The summed E-state index contributed by atoms with van der Waals surface area (Å²) in [5, 5.41) is 0.494. The lowest BCUT2D eigenvalue weighted by atomic mass is 9.77. The molecule has 0 aliphatic rings. The summed E-state index contributed by atoms with van der Waals surface area (Å²) in [7, 11) is 0. The fourth-order valence-electron chi connectivity index (χ4n) is 2.99. The van der Waals surface area contributed by atoms with Gasteiger partial charge in [-0.2, -0.15) is 0 Å². The van der Waals surface area contributed by atoms with Crippen LogP contribution in [0.5, 0.6) is 0 Å². The van der Waals surface area contributed by atoms with Crippen molar-refractivity contribution in [1.82, 2.24) is 4.98 Å². The minimum atomic E-state index is -1.26. The van der Waals surface area contributed by atoms with Gasteiger partial charge in [0, 0.05) is 28.7 Å². The smallest absolute Gasteiger partial charge is 0.165 e. The highest BCUT2D eigenvalue weighted by molar-refractivity contribution is 6.31. The van der Waals surface area contributed by atoms with E-state index in [9.17, 15) is 4.79 Å². The largest absolute Gasteiger partial charge is 0.294 e. The van der Waals surface area contributed by atoms with E-state index in [1.165, 1.54) is 0 Å². The van der Waals surface area contributed by atoms with Crippen molar-refractivity contribution < 1.29 is 9.18 Å². The van der Waals surface area contributed by atoms with Gasteiger partial charge in [-0.25, -0.2) is 4.39 Å². The van der Waals surface area contributed by atoms with E-state index in [-0.39, 0.29) is 17.6 Å². The molecule has 0 radical (unpaired) electrons. The zero-order valence-electron chi connectivity index (χ0n) is 16.3. The van der Waals surface area contributed by atoms with Gasteiger partial charge in [0.1, 0.15) is 6.17 Å². The monoisotopic (exact) mass is 375 g/mol. The van der Waals surface area contributed by atoms with Crippen LogP contribution in [-0.4, -0.2) is 10.8 Å². The van der Waals surface area contributed by atoms with E-state index in [1.54, 1.807) is 24.4 Å². The molecule has 1 unspecified atom stereocenters. The highest BCUT2D eigenvalue weighted by Crippen LogP contribution is 2.40. The van der Waals surface area contributed by atoms with Crippen LogP contribution in [0.4, 0.5) is 4.39 Å². The van der Waals surface area contributed by atoms with Crippen LogP contribution >= 0.6 is 11.6 Å². The standard InChI is InChI=1S/C22H27ClFNO/c1-13(2)19-18(23)11-16(12-25-19)21(24)22(5,6)17-9-7-15(8-10-17)20(26)14(3)4/h7-14,21H,1-6H3. The van der Waals surface area contributed by atoms with Crippen molar-refractivity contribution in [3.8, 4) is 0 Å². The summed E-state index contributed by atoms with van der Waals surface area (Å²) in [5.41, 5.74) is 1.95. The quantitative estimate of drug-likeness (QED) is 0.526. The molecule has 2 rings (SSSR count). The van der Waals surface area contributed by atoms with Crippen molar-refractivity contribution in [2.24, 2.45) is 5.92 Å². The molecule has 4 heteroatoms. The number of hydrogen-bond acceptors (Lipinski definition) is 2. The molecule has 0 bridgehead atoms. The maximum absolute atomic E-state index is 15.3. The third-order valence-electron chi connectivity index (χ3n) is 4.80. The fraction of sp³-hybridized carbons (Fsp3) is 0.455. The lowest BCUT2D eigenvalue weighted by molar-refractivity contribution is 0.0939. The van der Waals surface area contributed by atoms with Crippen LogP contribution in [0.3, 0.4) is 0 Å². The second-order valence-corrected chi connectivity index (χ2v) is 8.38. The van der Waals surface area contributed by atoms with Gasteiger partial charge < -0.3 is 0 Å². The Morgan fingerprint density at radius 1 is 1.12 bits per heavy atom. The minimum absolute atomic E-state index is 0.0597. The number of aromatic nitrogens is 1. The normalized spacial score (nSPS) is 13.3. The molecule has 2 nitrogen and oxygen atoms in total. The van der Waals surface area contributed by atoms with Crippen molar-refractivity contribution in [3.63, 3.8) is 0 Å². The minimum Gasteiger partial charge on any atom is -0.294 e. The molecule has 2 aromatic rings. The molecule has 1 aromatic heterocycles. The summed E-state index contributed by atoms with van der Waals surface area (Å²) in [5.74, 6) is 0.218. The Hall–Kier alpha value is -1.74. The number of Topliss-reactive ketones (excluding diaryl/α,β-unsaturated/α-hetero) is 1. The van der Waals surface area contributed by atoms with Gasteiger partial charge in [-0.1, -0.05) is 77.4 Å². The van der Waals surface area contributed by atoms with Crippen LogP contribution in [0.25, 0.3) is 0 Å². The number of halogens is 2. The van der Waals surface area contributed by atoms with E-state index >= 15 is 4.39 Å². The molecule has 0 saturated heterocycles. The first kappa shape index (κ1) is 20.6. The van der Waals surface area contributed by atoms with Gasteiger partial charge in [-0.3, -0.25) is 9.78 Å². The van der Waals surface area contributed by atoms with Gasteiger partial charge in [0.05, 0.1) is 10.7 Å². The Balaban J connectivity index is 2.31. The Labute approximate surface area is 160 Å². The predicted molar refractivity (Wildman–Crippen MR) is 106 cm³/mol. The number of carbonyl (C=O) groups is 1. The summed E-state index contributed by atoms with van der Waals surface area (Å²) in [4.78, 5) is 16.4. The highest BCUT2D eigenvalue weighted by Gasteiger charge is 2.33. The number of hydrogen-bond donors (Lipinski definition) is 0. The molecule has 1 atom stereocenters. The maximum Gasteiger partial charge on any atom is 0.165 e.